The molecule has 0 fully saturated rings. The number of anilines is 1. The first-order valence-corrected chi connectivity index (χ1v) is 9.28. The van der Waals surface area contributed by atoms with Crippen LogP contribution in [0.25, 0.3) is 0 Å². The van der Waals surface area contributed by atoms with E-state index in [4.69, 9.17) is 9.47 Å². The molecule has 5 nitrogen and oxygen atoms in total. The summed E-state index contributed by atoms with van der Waals surface area (Å²) in [4.78, 5) is 0.186. The van der Waals surface area contributed by atoms with Gasteiger partial charge in [-0.25, -0.2) is 8.42 Å². The van der Waals surface area contributed by atoms with Gasteiger partial charge in [0.15, 0.2) is 0 Å². The molecule has 128 valence electrons. The van der Waals surface area contributed by atoms with Gasteiger partial charge >= 0.3 is 0 Å². The van der Waals surface area contributed by atoms with Crippen molar-refractivity contribution in [3.63, 3.8) is 0 Å². The van der Waals surface area contributed by atoms with E-state index in [1.54, 1.807) is 42.5 Å². The van der Waals surface area contributed by atoms with Crippen molar-refractivity contribution in [1.29, 1.82) is 0 Å². The first-order valence-electron chi connectivity index (χ1n) is 7.05. The van der Waals surface area contributed by atoms with E-state index in [9.17, 15) is 8.42 Å². The third kappa shape index (κ3) is 3.73. The molecular weight excluding hydrogens is 394 g/mol. The van der Waals surface area contributed by atoms with Crippen molar-refractivity contribution in [3.05, 3.63) is 59.6 Å². The monoisotopic (exact) mass is 411 g/mol. The molecule has 0 atom stereocenters. The highest BCUT2D eigenvalue weighted by Gasteiger charge is 2.26. The summed E-state index contributed by atoms with van der Waals surface area (Å²) in [5.41, 5.74) is 0.418. The Kier molecular flexibility index (Phi) is 5.90. The van der Waals surface area contributed by atoms with Crippen molar-refractivity contribution in [1.82, 2.24) is 0 Å². The molecule has 0 aliphatic rings. The highest BCUT2D eigenvalue weighted by molar-refractivity contribution is 9.10. The number of nitrogens with zero attached hydrogens (tertiary/aromatic N) is 1. The van der Waals surface area contributed by atoms with Crippen molar-refractivity contribution < 1.29 is 17.9 Å². The SMILES string of the molecule is C=CCN(c1ccc(OC)cc1OC)S(=O)(=O)c1ccc(Br)cc1. The second kappa shape index (κ2) is 7.72. The lowest BCUT2D eigenvalue weighted by atomic mass is 10.2. The molecule has 0 saturated carbocycles. The van der Waals surface area contributed by atoms with Gasteiger partial charge in [0.05, 0.1) is 31.3 Å². The van der Waals surface area contributed by atoms with Crippen molar-refractivity contribution in [3.8, 4) is 11.5 Å². The van der Waals surface area contributed by atoms with E-state index in [0.717, 1.165) is 4.47 Å². The van der Waals surface area contributed by atoms with E-state index in [1.165, 1.54) is 24.6 Å². The number of halogens is 1. The maximum absolute atomic E-state index is 13.0. The van der Waals surface area contributed by atoms with E-state index < -0.39 is 10.0 Å². The van der Waals surface area contributed by atoms with Gasteiger partial charge in [0, 0.05) is 10.5 Å². The lowest BCUT2D eigenvalue weighted by Crippen LogP contribution is -2.31. The second-order valence-electron chi connectivity index (χ2n) is 4.82. The quantitative estimate of drug-likeness (QED) is 0.649. The molecule has 0 aliphatic heterocycles. The van der Waals surface area contributed by atoms with Gasteiger partial charge in [0.2, 0.25) is 0 Å². The van der Waals surface area contributed by atoms with Crippen molar-refractivity contribution in [2.45, 2.75) is 4.90 Å². The smallest absolute Gasteiger partial charge is 0.264 e. The van der Waals surface area contributed by atoms with Crippen LogP contribution in [0, 0.1) is 0 Å². The van der Waals surface area contributed by atoms with Crippen LogP contribution in [0.5, 0.6) is 11.5 Å². The Bertz CT molecular complexity index is 819. The summed E-state index contributed by atoms with van der Waals surface area (Å²) in [5.74, 6) is 0.979. The van der Waals surface area contributed by atoms with Crippen LogP contribution in [0.15, 0.2) is 64.5 Å². The summed E-state index contributed by atoms with van der Waals surface area (Å²) in [6, 6.07) is 11.4. The summed E-state index contributed by atoms with van der Waals surface area (Å²) in [6.07, 6.45) is 1.53. The van der Waals surface area contributed by atoms with Crippen LogP contribution in [-0.2, 0) is 10.0 Å². The van der Waals surface area contributed by atoms with E-state index >= 15 is 0 Å². The van der Waals surface area contributed by atoms with Crippen LogP contribution in [-0.4, -0.2) is 29.2 Å². The Hall–Kier alpha value is -1.99. The van der Waals surface area contributed by atoms with Gasteiger partial charge in [-0.1, -0.05) is 22.0 Å². The highest BCUT2D eigenvalue weighted by Crippen LogP contribution is 2.35. The molecule has 24 heavy (non-hydrogen) atoms. The van der Waals surface area contributed by atoms with Crippen molar-refractivity contribution >= 4 is 31.6 Å². The normalized spacial score (nSPS) is 11.0. The van der Waals surface area contributed by atoms with Crippen LogP contribution >= 0.6 is 15.9 Å². The Labute approximate surface area is 150 Å². The molecule has 2 aromatic carbocycles. The van der Waals surface area contributed by atoms with Gasteiger partial charge in [-0.05, 0) is 36.4 Å². The van der Waals surface area contributed by atoms with Gasteiger partial charge in [-0.3, -0.25) is 4.31 Å². The molecule has 7 heteroatoms. The van der Waals surface area contributed by atoms with Crippen LogP contribution in [0.2, 0.25) is 0 Å². The van der Waals surface area contributed by atoms with Gasteiger partial charge in [0.25, 0.3) is 10.0 Å². The minimum atomic E-state index is -3.76. The molecule has 2 aromatic rings. The fourth-order valence-corrected chi connectivity index (χ4v) is 3.88. The summed E-state index contributed by atoms with van der Waals surface area (Å²) in [6.45, 7) is 3.77. The Morgan fingerprint density at radius 2 is 1.79 bits per heavy atom. The highest BCUT2D eigenvalue weighted by atomic mass is 79.9. The average Bonchev–Trinajstić information content (AvgIpc) is 2.59. The third-order valence-electron chi connectivity index (χ3n) is 3.35. The fraction of sp³-hybridized carbons (Fsp3) is 0.176. The first-order chi connectivity index (χ1) is 11.4. The van der Waals surface area contributed by atoms with Crippen molar-refractivity contribution in [2.75, 3.05) is 25.1 Å². The standard InChI is InChI=1S/C17H18BrNO4S/c1-4-11-19(16-10-7-14(22-2)12-17(16)23-3)24(20,21)15-8-5-13(18)6-9-15/h4-10,12H,1,11H2,2-3H3. The number of benzene rings is 2. The number of sulfonamides is 1. The topological polar surface area (TPSA) is 55.8 Å². The molecule has 0 unspecified atom stereocenters. The second-order valence-corrected chi connectivity index (χ2v) is 7.59. The van der Waals surface area contributed by atoms with Gasteiger partial charge in [-0.15, -0.1) is 6.58 Å². The van der Waals surface area contributed by atoms with E-state index in [-0.39, 0.29) is 11.4 Å². The fourth-order valence-electron chi connectivity index (χ4n) is 2.17. The minimum Gasteiger partial charge on any atom is -0.497 e. The molecule has 2 rings (SSSR count). The van der Waals surface area contributed by atoms with Crippen molar-refractivity contribution in [2.24, 2.45) is 0 Å². The Morgan fingerprint density at radius 1 is 1.12 bits per heavy atom. The zero-order valence-corrected chi connectivity index (χ0v) is 15.8. The lowest BCUT2D eigenvalue weighted by Gasteiger charge is -2.25. The van der Waals surface area contributed by atoms with E-state index in [0.29, 0.717) is 17.2 Å². The van der Waals surface area contributed by atoms with Crippen LogP contribution < -0.4 is 13.8 Å². The molecule has 0 spiro atoms. The molecule has 0 radical (unpaired) electrons. The largest absolute Gasteiger partial charge is 0.497 e. The minimum absolute atomic E-state index is 0.112. The molecule has 0 amide bonds. The predicted molar refractivity (Wildman–Crippen MR) is 98.4 cm³/mol. The van der Waals surface area contributed by atoms with Crippen LogP contribution in [0.3, 0.4) is 0 Å². The number of methoxy groups -OCH3 is 2. The number of ether oxygens (including phenoxy) is 2. The molecule has 0 aromatic heterocycles. The van der Waals surface area contributed by atoms with Gasteiger partial charge < -0.3 is 9.47 Å². The van der Waals surface area contributed by atoms with Gasteiger partial charge in [0.1, 0.15) is 11.5 Å². The van der Waals surface area contributed by atoms with Gasteiger partial charge in [-0.2, -0.15) is 0 Å². The number of hydrogen-bond donors (Lipinski definition) is 0. The average molecular weight is 412 g/mol. The third-order valence-corrected chi connectivity index (χ3v) is 5.67. The number of rotatable bonds is 7. The zero-order valence-electron chi connectivity index (χ0n) is 13.4. The van der Waals surface area contributed by atoms with Crippen LogP contribution in [0.4, 0.5) is 5.69 Å². The first kappa shape index (κ1) is 18.4. The maximum Gasteiger partial charge on any atom is 0.264 e. The molecule has 0 N–H and O–H groups in total. The lowest BCUT2D eigenvalue weighted by molar-refractivity contribution is 0.395. The molecule has 0 heterocycles. The predicted octanol–water partition coefficient (Wildman–Crippen LogP) is 3.85. The molecular formula is C17H18BrNO4S. The van der Waals surface area contributed by atoms with E-state index in [1.807, 2.05) is 0 Å². The summed E-state index contributed by atoms with van der Waals surface area (Å²) in [7, 11) is -0.746. The Balaban J connectivity index is 2.57. The maximum atomic E-state index is 13.0. The number of hydrogen-bond acceptors (Lipinski definition) is 4. The molecule has 0 bridgehead atoms. The zero-order chi connectivity index (χ0) is 17.7. The summed E-state index contributed by atoms with van der Waals surface area (Å²) in [5, 5.41) is 0. The van der Waals surface area contributed by atoms with E-state index in [2.05, 4.69) is 22.5 Å². The van der Waals surface area contributed by atoms with Crippen LogP contribution in [0.1, 0.15) is 0 Å². The summed E-state index contributed by atoms with van der Waals surface area (Å²) < 4.78 is 38.6. The molecule has 0 aliphatic carbocycles. The summed E-state index contributed by atoms with van der Waals surface area (Å²) >= 11 is 3.31. The Morgan fingerprint density at radius 3 is 2.33 bits per heavy atom. The molecule has 0 saturated heterocycles.